The fraction of sp³-hybridized carbons (Fsp3) is 0.263. The van der Waals surface area contributed by atoms with E-state index in [1.165, 1.54) is 17.3 Å². The summed E-state index contributed by atoms with van der Waals surface area (Å²) in [7, 11) is -3.68. The van der Waals surface area contributed by atoms with Gasteiger partial charge in [0, 0.05) is 12.1 Å². The summed E-state index contributed by atoms with van der Waals surface area (Å²) in [5.41, 5.74) is 1.30. The molecule has 134 valence electrons. The van der Waals surface area contributed by atoms with Crippen molar-refractivity contribution in [1.29, 1.82) is 0 Å². The highest BCUT2D eigenvalue weighted by atomic mass is 32.2. The van der Waals surface area contributed by atoms with Crippen molar-refractivity contribution in [3.63, 3.8) is 0 Å². The number of carbonyl (C=O) groups is 1. The molecule has 0 saturated carbocycles. The van der Waals surface area contributed by atoms with Gasteiger partial charge in [0.15, 0.2) is 5.78 Å². The van der Waals surface area contributed by atoms with Gasteiger partial charge in [0.2, 0.25) is 10.0 Å². The maximum absolute atomic E-state index is 13.2. The molecule has 1 aliphatic rings. The predicted molar refractivity (Wildman–Crippen MR) is 102 cm³/mol. The molecule has 1 fully saturated rings. The first kappa shape index (κ1) is 17.3. The van der Waals surface area contributed by atoms with Gasteiger partial charge >= 0.3 is 0 Å². The van der Waals surface area contributed by atoms with E-state index in [-0.39, 0.29) is 16.7 Å². The molecule has 1 aliphatic heterocycles. The first-order valence-corrected chi connectivity index (χ1v) is 10.7. The lowest BCUT2D eigenvalue weighted by atomic mass is 10.2. The minimum absolute atomic E-state index is 0.147. The molecule has 2 aromatic carbocycles. The summed E-state index contributed by atoms with van der Waals surface area (Å²) in [5.74, 6) is -0.147. The number of ketones is 1. The van der Waals surface area contributed by atoms with E-state index in [0.29, 0.717) is 12.1 Å². The van der Waals surface area contributed by atoms with Gasteiger partial charge in [-0.15, -0.1) is 11.3 Å². The van der Waals surface area contributed by atoms with Crippen LogP contribution in [0.4, 0.5) is 0 Å². The maximum Gasteiger partial charge on any atom is 0.243 e. The van der Waals surface area contributed by atoms with Crippen LogP contribution in [-0.2, 0) is 10.0 Å². The molecule has 1 atom stereocenters. The number of fused-ring (bicyclic) bond motifs is 1. The van der Waals surface area contributed by atoms with Crippen molar-refractivity contribution in [2.75, 3.05) is 6.54 Å². The number of para-hydroxylation sites is 1. The summed E-state index contributed by atoms with van der Waals surface area (Å²) >= 11 is 1.55. The standard InChI is InChI=1S/C19H18N2O3S2/c1-13(22)14-6-4-7-15(12-14)26(23,24)21-11-5-9-17(21)19-20-16-8-2-3-10-18(16)25-19/h2-4,6-8,10,12,17H,5,9,11H2,1H3/t17-/m1/s1. The van der Waals surface area contributed by atoms with Gasteiger partial charge in [0.05, 0.1) is 21.2 Å². The summed E-state index contributed by atoms with van der Waals surface area (Å²) in [6.45, 7) is 1.90. The molecule has 4 rings (SSSR count). The molecule has 2 heterocycles. The van der Waals surface area contributed by atoms with Crippen LogP contribution in [0.15, 0.2) is 53.4 Å². The summed E-state index contributed by atoms with van der Waals surface area (Å²) in [6.07, 6.45) is 1.55. The third kappa shape index (κ3) is 2.96. The Kier molecular flexibility index (Phi) is 4.38. The average molecular weight is 386 g/mol. The molecule has 1 aromatic heterocycles. The second-order valence-corrected chi connectivity index (χ2v) is 9.33. The molecule has 0 unspecified atom stereocenters. The molecule has 3 aromatic rings. The lowest BCUT2D eigenvalue weighted by Crippen LogP contribution is -2.30. The number of benzene rings is 2. The van der Waals surface area contributed by atoms with Gasteiger partial charge in [-0.1, -0.05) is 24.3 Å². The first-order chi connectivity index (χ1) is 12.5. The fourth-order valence-electron chi connectivity index (χ4n) is 3.32. The summed E-state index contributed by atoms with van der Waals surface area (Å²) < 4.78 is 29.0. The Bertz CT molecular complexity index is 1060. The largest absolute Gasteiger partial charge is 0.295 e. The van der Waals surface area contributed by atoms with Crippen molar-refractivity contribution in [3.8, 4) is 0 Å². The van der Waals surface area contributed by atoms with Crippen molar-refractivity contribution in [1.82, 2.24) is 9.29 Å². The van der Waals surface area contributed by atoms with Crippen LogP contribution >= 0.6 is 11.3 Å². The summed E-state index contributed by atoms with van der Waals surface area (Å²) in [5, 5.41) is 0.829. The van der Waals surface area contributed by atoms with E-state index in [4.69, 9.17) is 0 Å². The predicted octanol–water partition coefficient (Wildman–Crippen LogP) is 4.02. The van der Waals surface area contributed by atoms with E-state index in [1.54, 1.807) is 29.5 Å². The quantitative estimate of drug-likeness (QED) is 0.635. The topological polar surface area (TPSA) is 67.3 Å². The van der Waals surface area contributed by atoms with Crippen LogP contribution in [0.1, 0.15) is 41.2 Å². The van der Waals surface area contributed by atoms with Crippen LogP contribution in [-0.4, -0.2) is 30.0 Å². The van der Waals surface area contributed by atoms with Gasteiger partial charge in [-0.2, -0.15) is 4.31 Å². The van der Waals surface area contributed by atoms with E-state index in [9.17, 15) is 13.2 Å². The SMILES string of the molecule is CC(=O)c1cccc(S(=O)(=O)N2CCC[C@@H]2c2nc3ccccc3s2)c1. The van der Waals surface area contributed by atoms with Crippen molar-refractivity contribution in [3.05, 3.63) is 59.1 Å². The number of Topliss-reactive ketones (excluding diaryl/α,β-unsaturated/α-hetero) is 1. The fourth-order valence-corrected chi connectivity index (χ4v) is 6.21. The maximum atomic E-state index is 13.2. The van der Waals surface area contributed by atoms with E-state index < -0.39 is 10.0 Å². The number of hydrogen-bond acceptors (Lipinski definition) is 5. The Morgan fingerprint density at radius 2 is 2.00 bits per heavy atom. The second kappa shape index (κ2) is 6.57. The molecule has 5 nitrogen and oxygen atoms in total. The first-order valence-electron chi connectivity index (χ1n) is 8.45. The van der Waals surface area contributed by atoms with Gasteiger partial charge in [-0.3, -0.25) is 4.79 Å². The zero-order valence-corrected chi connectivity index (χ0v) is 15.9. The van der Waals surface area contributed by atoms with Crippen LogP contribution in [0.5, 0.6) is 0 Å². The Morgan fingerprint density at radius 1 is 1.19 bits per heavy atom. The van der Waals surface area contributed by atoms with Gasteiger partial charge < -0.3 is 0 Å². The molecule has 1 saturated heterocycles. The molecule has 0 aliphatic carbocycles. The Hall–Kier alpha value is -2.09. The van der Waals surface area contributed by atoms with E-state index in [1.807, 2.05) is 24.3 Å². The number of sulfonamides is 1. The average Bonchev–Trinajstić information content (AvgIpc) is 3.28. The highest BCUT2D eigenvalue weighted by Crippen LogP contribution is 2.39. The molecule has 0 spiro atoms. The van der Waals surface area contributed by atoms with E-state index in [0.717, 1.165) is 28.1 Å². The smallest absolute Gasteiger partial charge is 0.243 e. The monoisotopic (exact) mass is 386 g/mol. The van der Waals surface area contributed by atoms with E-state index >= 15 is 0 Å². The van der Waals surface area contributed by atoms with Gasteiger partial charge in [0.1, 0.15) is 5.01 Å². The zero-order valence-electron chi connectivity index (χ0n) is 14.3. The minimum atomic E-state index is -3.68. The molecule has 0 radical (unpaired) electrons. The number of thiazole rings is 1. The number of rotatable bonds is 4. The molecule has 7 heteroatoms. The molecule has 0 bridgehead atoms. The van der Waals surface area contributed by atoms with Crippen molar-refractivity contribution in [2.24, 2.45) is 0 Å². The van der Waals surface area contributed by atoms with Gasteiger partial charge in [0.25, 0.3) is 0 Å². The molecular weight excluding hydrogens is 368 g/mol. The van der Waals surface area contributed by atoms with Crippen LogP contribution in [0.25, 0.3) is 10.2 Å². The Morgan fingerprint density at radius 3 is 2.77 bits per heavy atom. The van der Waals surface area contributed by atoms with Crippen LogP contribution < -0.4 is 0 Å². The van der Waals surface area contributed by atoms with Crippen LogP contribution in [0.2, 0.25) is 0 Å². The highest BCUT2D eigenvalue weighted by Gasteiger charge is 2.38. The number of hydrogen-bond donors (Lipinski definition) is 0. The third-order valence-electron chi connectivity index (χ3n) is 4.65. The van der Waals surface area contributed by atoms with Gasteiger partial charge in [-0.05, 0) is 44.0 Å². The van der Waals surface area contributed by atoms with Gasteiger partial charge in [-0.25, -0.2) is 13.4 Å². The summed E-state index contributed by atoms with van der Waals surface area (Å²) in [6, 6.07) is 13.9. The molecular formula is C19H18N2O3S2. The lowest BCUT2D eigenvalue weighted by Gasteiger charge is -2.22. The summed E-state index contributed by atoms with van der Waals surface area (Å²) in [4.78, 5) is 16.4. The number of carbonyl (C=O) groups excluding carboxylic acids is 1. The second-order valence-electron chi connectivity index (χ2n) is 6.38. The molecule has 0 amide bonds. The molecule has 26 heavy (non-hydrogen) atoms. The normalized spacial score (nSPS) is 18.4. The van der Waals surface area contributed by atoms with Crippen LogP contribution in [0, 0.1) is 0 Å². The molecule has 0 N–H and O–H groups in total. The lowest BCUT2D eigenvalue weighted by molar-refractivity contribution is 0.101. The van der Waals surface area contributed by atoms with Crippen molar-refractivity contribution in [2.45, 2.75) is 30.7 Å². The Balaban J connectivity index is 1.73. The highest BCUT2D eigenvalue weighted by molar-refractivity contribution is 7.89. The van der Waals surface area contributed by atoms with Crippen molar-refractivity contribution < 1.29 is 13.2 Å². The Labute approximate surface area is 156 Å². The van der Waals surface area contributed by atoms with Crippen molar-refractivity contribution >= 4 is 37.4 Å². The number of nitrogens with zero attached hydrogens (tertiary/aromatic N) is 2. The number of aromatic nitrogens is 1. The minimum Gasteiger partial charge on any atom is -0.295 e. The third-order valence-corrected chi connectivity index (χ3v) is 7.69. The van der Waals surface area contributed by atoms with Crippen LogP contribution in [0.3, 0.4) is 0 Å². The zero-order chi connectivity index (χ0) is 18.3. The van der Waals surface area contributed by atoms with E-state index in [2.05, 4.69) is 4.98 Å².